The Morgan fingerprint density at radius 3 is 2.84 bits per heavy atom. The summed E-state index contributed by atoms with van der Waals surface area (Å²) in [6, 6.07) is 11.5. The Hall–Kier alpha value is -2.07. The van der Waals surface area contributed by atoms with Gasteiger partial charge in [-0.2, -0.15) is 0 Å². The second-order valence-corrected chi connectivity index (χ2v) is 4.29. The topological polar surface area (TPSA) is 58.6 Å². The van der Waals surface area contributed by atoms with Gasteiger partial charge in [0.25, 0.3) is 0 Å². The van der Waals surface area contributed by atoms with Crippen molar-refractivity contribution < 1.29 is 14.6 Å². The lowest BCUT2D eigenvalue weighted by molar-refractivity contribution is -0.140. The molecule has 0 heterocycles. The number of nitrogens with one attached hydrogen (secondary N) is 1. The van der Waals surface area contributed by atoms with E-state index < -0.39 is 0 Å². The molecule has 0 radical (unpaired) electrons. The SMILES string of the molecule is COC(=O)CCNCc1c(O)ccc2ccccc12. The van der Waals surface area contributed by atoms with Gasteiger partial charge < -0.3 is 15.2 Å². The van der Waals surface area contributed by atoms with E-state index in [2.05, 4.69) is 10.1 Å². The maximum Gasteiger partial charge on any atom is 0.306 e. The fourth-order valence-electron chi connectivity index (χ4n) is 2.02. The van der Waals surface area contributed by atoms with E-state index in [-0.39, 0.29) is 11.7 Å². The molecule has 0 aliphatic carbocycles. The molecule has 0 bridgehead atoms. The van der Waals surface area contributed by atoms with Gasteiger partial charge in [-0.25, -0.2) is 0 Å². The molecule has 0 saturated carbocycles. The maximum atomic E-state index is 11.0. The normalized spacial score (nSPS) is 10.6. The van der Waals surface area contributed by atoms with Gasteiger partial charge >= 0.3 is 5.97 Å². The van der Waals surface area contributed by atoms with Crippen LogP contribution in [0.4, 0.5) is 0 Å². The Labute approximate surface area is 112 Å². The number of carbonyl (C=O) groups is 1. The quantitative estimate of drug-likeness (QED) is 0.638. The standard InChI is InChI=1S/C15H17NO3/c1-19-15(18)8-9-16-10-13-12-5-3-2-4-11(12)6-7-14(13)17/h2-7,16-17H,8-10H2,1H3. The molecule has 4 nitrogen and oxygen atoms in total. The van der Waals surface area contributed by atoms with Crippen molar-refractivity contribution in [1.82, 2.24) is 5.32 Å². The summed E-state index contributed by atoms with van der Waals surface area (Å²) in [6.45, 7) is 1.04. The first kappa shape index (κ1) is 13.4. The highest BCUT2D eigenvalue weighted by atomic mass is 16.5. The number of benzene rings is 2. The average molecular weight is 259 g/mol. The Morgan fingerprint density at radius 1 is 1.26 bits per heavy atom. The highest BCUT2D eigenvalue weighted by Gasteiger charge is 2.06. The molecular formula is C15H17NO3. The van der Waals surface area contributed by atoms with E-state index in [1.807, 2.05) is 30.3 Å². The van der Waals surface area contributed by atoms with Gasteiger partial charge in [0.05, 0.1) is 13.5 Å². The monoisotopic (exact) mass is 259 g/mol. The van der Waals surface area contributed by atoms with Crippen molar-refractivity contribution >= 4 is 16.7 Å². The largest absolute Gasteiger partial charge is 0.508 e. The number of fused-ring (bicyclic) bond motifs is 1. The smallest absolute Gasteiger partial charge is 0.306 e. The van der Waals surface area contributed by atoms with Crippen molar-refractivity contribution in [2.45, 2.75) is 13.0 Å². The van der Waals surface area contributed by atoms with E-state index in [1.165, 1.54) is 7.11 Å². The van der Waals surface area contributed by atoms with Gasteiger partial charge in [0.2, 0.25) is 0 Å². The molecule has 0 saturated heterocycles. The Kier molecular flexibility index (Phi) is 4.36. The third-order valence-corrected chi connectivity index (χ3v) is 3.05. The molecule has 0 aliphatic heterocycles. The minimum absolute atomic E-state index is 0.241. The highest BCUT2D eigenvalue weighted by Crippen LogP contribution is 2.26. The second-order valence-electron chi connectivity index (χ2n) is 4.29. The van der Waals surface area contributed by atoms with E-state index in [9.17, 15) is 9.90 Å². The van der Waals surface area contributed by atoms with Crippen molar-refractivity contribution in [2.24, 2.45) is 0 Å². The molecule has 19 heavy (non-hydrogen) atoms. The van der Waals surface area contributed by atoms with Gasteiger partial charge in [0.15, 0.2) is 0 Å². The third-order valence-electron chi connectivity index (χ3n) is 3.05. The van der Waals surface area contributed by atoms with Crippen molar-refractivity contribution in [3.8, 4) is 5.75 Å². The first-order chi connectivity index (χ1) is 9.22. The number of rotatable bonds is 5. The van der Waals surface area contributed by atoms with Gasteiger partial charge in [0, 0.05) is 18.7 Å². The van der Waals surface area contributed by atoms with E-state index in [0.29, 0.717) is 19.5 Å². The zero-order valence-electron chi connectivity index (χ0n) is 10.8. The van der Waals surface area contributed by atoms with Crippen LogP contribution in [-0.2, 0) is 16.1 Å². The highest BCUT2D eigenvalue weighted by molar-refractivity contribution is 5.87. The number of methoxy groups -OCH3 is 1. The maximum absolute atomic E-state index is 11.0. The van der Waals surface area contributed by atoms with Crippen LogP contribution in [0, 0.1) is 0 Å². The van der Waals surface area contributed by atoms with Crippen molar-refractivity contribution in [1.29, 1.82) is 0 Å². The van der Waals surface area contributed by atoms with Gasteiger partial charge in [-0.3, -0.25) is 4.79 Å². The van der Waals surface area contributed by atoms with Crippen LogP contribution < -0.4 is 5.32 Å². The molecule has 2 aromatic carbocycles. The number of hydrogen-bond acceptors (Lipinski definition) is 4. The lowest BCUT2D eigenvalue weighted by Crippen LogP contribution is -2.18. The summed E-state index contributed by atoms with van der Waals surface area (Å²) in [5.74, 6) is 0.0268. The van der Waals surface area contributed by atoms with E-state index in [4.69, 9.17) is 0 Å². The molecule has 0 fully saturated rings. The molecule has 0 atom stereocenters. The fraction of sp³-hybridized carbons (Fsp3) is 0.267. The molecule has 0 aliphatic rings. The van der Waals surface area contributed by atoms with Gasteiger partial charge in [-0.15, -0.1) is 0 Å². The molecule has 0 amide bonds. The lowest BCUT2D eigenvalue weighted by atomic mass is 10.0. The number of ether oxygens (including phenoxy) is 1. The van der Waals surface area contributed by atoms with Crippen molar-refractivity contribution in [2.75, 3.05) is 13.7 Å². The molecule has 2 N–H and O–H groups in total. The Bertz CT molecular complexity index is 581. The van der Waals surface area contributed by atoms with Crippen LogP contribution in [0.1, 0.15) is 12.0 Å². The summed E-state index contributed by atoms with van der Waals surface area (Å²) >= 11 is 0. The summed E-state index contributed by atoms with van der Waals surface area (Å²) in [6.07, 6.45) is 0.321. The molecule has 0 unspecified atom stereocenters. The number of carbonyl (C=O) groups excluding carboxylic acids is 1. The van der Waals surface area contributed by atoms with E-state index >= 15 is 0 Å². The first-order valence-electron chi connectivity index (χ1n) is 6.19. The predicted molar refractivity (Wildman–Crippen MR) is 74.0 cm³/mol. The number of esters is 1. The van der Waals surface area contributed by atoms with Gasteiger partial charge in [-0.05, 0) is 16.8 Å². The van der Waals surface area contributed by atoms with Gasteiger partial charge in [0.1, 0.15) is 5.75 Å². The molecular weight excluding hydrogens is 242 g/mol. The fourth-order valence-corrected chi connectivity index (χ4v) is 2.02. The van der Waals surface area contributed by atoms with E-state index in [0.717, 1.165) is 16.3 Å². The minimum Gasteiger partial charge on any atom is -0.508 e. The van der Waals surface area contributed by atoms with Crippen molar-refractivity contribution in [3.05, 3.63) is 42.0 Å². The molecule has 0 spiro atoms. The number of aromatic hydroxyl groups is 1. The van der Waals surface area contributed by atoms with Crippen LogP contribution >= 0.6 is 0 Å². The molecule has 0 aromatic heterocycles. The number of hydrogen-bond donors (Lipinski definition) is 2. The number of phenols is 1. The third kappa shape index (κ3) is 3.23. The molecule has 2 rings (SSSR count). The first-order valence-corrected chi connectivity index (χ1v) is 6.19. The predicted octanol–water partition coefficient (Wildman–Crippen LogP) is 2.20. The van der Waals surface area contributed by atoms with Crippen LogP contribution in [0.3, 0.4) is 0 Å². The van der Waals surface area contributed by atoms with Crippen LogP contribution in [0.2, 0.25) is 0 Å². The summed E-state index contributed by atoms with van der Waals surface area (Å²) in [5.41, 5.74) is 0.850. The van der Waals surface area contributed by atoms with Gasteiger partial charge in [-0.1, -0.05) is 30.3 Å². The average Bonchev–Trinajstić information content (AvgIpc) is 2.45. The molecule has 100 valence electrons. The zero-order chi connectivity index (χ0) is 13.7. The van der Waals surface area contributed by atoms with Crippen molar-refractivity contribution in [3.63, 3.8) is 0 Å². The summed E-state index contributed by atoms with van der Waals surface area (Å²) in [4.78, 5) is 11.0. The Balaban J connectivity index is 2.07. The minimum atomic E-state index is -0.241. The summed E-state index contributed by atoms with van der Waals surface area (Å²) < 4.78 is 4.57. The molecule has 4 heteroatoms. The molecule has 2 aromatic rings. The van der Waals surface area contributed by atoms with Crippen LogP contribution in [0.15, 0.2) is 36.4 Å². The van der Waals surface area contributed by atoms with Crippen LogP contribution in [0.25, 0.3) is 10.8 Å². The second kappa shape index (κ2) is 6.20. The van der Waals surface area contributed by atoms with E-state index in [1.54, 1.807) is 6.07 Å². The lowest BCUT2D eigenvalue weighted by Gasteiger charge is -2.10. The Morgan fingerprint density at radius 2 is 2.05 bits per heavy atom. The van der Waals surface area contributed by atoms with Crippen LogP contribution in [-0.4, -0.2) is 24.7 Å². The summed E-state index contributed by atoms with van der Waals surface area (Å²) in [7, 11) is 1.37. The summed E-state index contributed by atoms with van der Waals surface area (Å²) in [5, 5.41) is 15.2. The van der Waals surface area contributed by atoms with Crippen LogP contribution in [0.5, 0.6) is 5.75 Å². The number of phenolic OH excluding ortho intramolecular Hbond substituents is 1. The zero-order valence-corrected chi connectivity index (χ0v) is 10.8.